The van der Waals surface area contributed by atoms with Crippen molar-refractivity contribution in [2.45, 2.75) is 0 Å². The quantitative estimate of drug-likeness (QED) is 0.104. The van der Waals surface area contributed by atoms with Crippen LogP contribution in [-0.2, 0) is 0 Å². The van der Waals surface area contributed by atoms with E-state index < -0.39 is 8.07 Å². The highest BCUT2D eigenvalue weighted by Gasteiger charge is 2.41. The zero-order valence-corrected chi connectivity index (χ0v) is 36.2. The maximum absolute atomic E-state index is 2.81. The van der Waals surface area contributed by atoms with Crippen LogP contribution in [0.15, 0.2) is 261 Å². The van der Waals surface area contributed by atoms with Gasteiger partial charge in [-0.15, -0.1) is 0 Å². The van der Waals surface area contributed by atoms with Gasteiger partial charge in [0.25, 0.3) is 0 Å². The molecular weight excluding hydrogens is 791 g/mol. The minimum Gasteiger partial charge on any atom is -0.310 e. The lowest BCUT2D eigenvalue weighted by atomic mass is 10.1. The molecule has 0 atom stereocenters. The van der Waals surface area contributed by atoms with Gasteiger partial charge in [0, 0.05) is 50.0 Å². The molecule has 10 aromatic carbocycles. The number of benzene rings is 10. The Balaban J connectivity index is 1.13. The van der Waals surface area contributed by atoms with Crippen molar-refractivity contribution >= 4 is 89.5 Å². The van der Waals surface area contributed by atoms with E-state index in [0.717, 1.165) is 28.4 Å². The molecule has 0 aliphatic heterocycles. The van der Waals surface area contributed by atoms with Crippen molar-refractivity contribution in [3.05, 3.63) is 261 Å². The van der Waals surface area contributed by atoms with Crippen molar-refractivity contribution in [3.63, 3.8) is 0 Å². The standard InChI is InChI=1S/C60H43N3Si/c1-7-21-44(22-8-1)61(47-35-38-58-54(41-47)53-33-19-20-34-57(53)62(58)45-23-9-2-10-24-45)48-36-39-59-55(42-48)56-43-52(37-40-60(56)63(59)46-25-11-3-12-26-46)64(49-27-13-4-14-28-49,50-29-15-5-16-30-50)51-31-17-6-18-32-51/h1-43H. The highest BCUT2D eigenvalue weighted by atomic mass is 28.3. The van der Waals surface area contributed by atoms with E-state index in [2.05, 4.69) is 275 Å². The SMILES string of the molecule is c1ccc(N(c2ccc3c(c2)c2ccccc2n3-c2ccccc2)c2ccc3c(c2)c2cc([Si](c4ccccc4)(c4ccccc4)c4ccccc4)ccc2n3-c2ccccc2)cc1. The Morgan fingerprint density at radius 2 is 0.609 bits per heavy atom. The number of hydrogen-bond donors (Lipinski definition) is 0. The van der Waals surface area contributed by atoms with Crippen LogP contribution in [0.4, 0.5) is 17.1 Å². The molecular formula is C60H43N3Si. The summed E-state index contributed by atoms with van der Waals surface area (Å²) >= 11 is 0. The first-order valence-corrected chi connectivity index (χ1v) is 24.0. The fourth-order valence-corrected chi connectivity index (χ4v) is 15.1. The molecule has 2 heterocycles. The highest BCUT2D eigenvalue weighted by molar-refractivity contribution is 7.20. The summed E-state index contributed by atoms with van der Waals surface area (Å²) in [7, 11) is -2.81. The van der Waals surface area contributed by atoms with Gasteiger partial charge >= 0.3 is 0 Å². The van der Waals surface area contributed by atoms with Crippen molar-refractivity contribution in [3.8, 4) is 11.4 Å². The minimum atomic E-state index is -2.81. The van der Waals surface area contributed by atoms with Crippen LogP contribution in [0.2, 0.25) is 0 Å². The summed E-state index contributed by atoms with van der Waals surface area (Å²) in [5, 5.41) is 10.3. The lowest BCUT2D eigenvalue weighted by Crippen LogP contribution is -2.74. The molecule has 0 amide bonds. The van der Waals surface area contributed by atoms with Crippen molar-refractivity contribution in [1.82, 2.24) is 9.13 Å². The van der Waals surface area contributed by atoms with Gasteiger partial charge in [0.1, 0.15) is 0 Å². The molecule has 0 radical (unpaired) electrons. The maximum Gasteiger partial charge on any atom is 0.179 e. The number of para-hydroxylation sites is 4. The van der Waals surface area contributed by atoms with E-state index in [9.17, 15) is 0 Å². The van der Waals surface area contributed by atoms with Gasteiger partial charge in [-0.2, -0.15) is 0 Å². The second kappa shape index (κ2) is 15.6. The van der Waals surface area contributed by atoms with Crippen LogP contribution >= 0.6 is 0 Å². The van der Waals surface area contributed by atoms with Crippen LogP contribution in [0.25, 0.3) is 55.0 Å². The minimum absolute atomic E-state index is 1.10. The molecule has 4 heteroatoms. The fourth-order valence-electron chi connectivity index (χ4n) is 10.3. The molecule has 0 N–H and O–H groups in total. The molecule has 0 saturated carbocycles. The molecule has 0 spiro atoms. The first kappa shape index (κ1) is 37.6. The summed E-state index contributed by atoms with van der Waals surface area (Å²) in [6.07, 6.45) is 0. The Bertz CT molecular complexity index is 3490. The maximum atomic E-state index is 2.53. The van der Waals surface area contributed by atoms with E-state index in [1.165, 1.54) is 64.4 Å². The zero-order chi connectivity index (χ0) is 42.5. The molecule has 0 unspecified atom stereocenters. The average molecular weight is 834 g/mol. The number of rotatable bonds is 9. The normalized spacial score (nSPS) is 11.8. The van der Waals surface area contributed by atoms with Crippen molar-refractivity contribution in [2.24, 2.45) is 0 Å². The topological polar surface area (TPSA) is 13.1 Å². The first-order valence-electron chi connectivity index (χ1n) is 22.0. The molecule has 0 aliphatic carbocycles. The van der Waals surface area contributed by atoms with Crippen LogP contribution in [0, 0.1) is 0 Å². The average Bonchev–Trinajstić information content (AvgIpc) is 3.88. The lowest BCUT2D eigenvalue weighted by Gasteiger charge is -2.34. The third-order valence-electron chi connectivity index (χ3n) is 13.0. The molecule has 2 aromatic heterocycles. The van der Waals surface area contributed by atoms with Gasteiger partial charge in [-0.25, -0.2) is 0 Å². The van der Waals surface area contributed by atoms with E-state index in [-0.39, 0.29) is 0 Å². The molecule has 302 valence electrons. The third-order valence-corrected chi connectivity index (χ3v) is 17.8. The molecule has 12 aromatic rings. The van der Waals surface area contributed by atoms with Gasteiger partial charge in [0.05, 0.1) is 22.1 Å². The van der Waals surface area contributed by atoms with Crippen LogP contribution in [0.5, 0.6) is 0 Å². The summed E-state index contributed by atoms with van der Waals surface area (Å²) in [5.41, 5.74) is 10.3. The third kappa shape index (κ3) is 6.03. The highest BCUT2D eigenvalue weighted by Crippen LogP contribution is 2.42. The summed E-state index contributed by atoms with van der Waals surface area (Å²) in [6, 6.07) is 96.0. The summed E-state index contributed by atoms with van der Waals surface area (Å²) in [5.74, 6) is 0. The Labute approximate surface area is 374 Å². The predicted octanol–water partition coefficient (Wildman–Crippen LogP) is 12.7. The number of hydrogen-bond acceptors (Lipinski definition) is 1. The van der Waals surface area contributed by atoms with E-state index in [0.29, 0.717) is 0 Å². The van der Waals surface area contributed by atoms with E-state index >= 15 is 0 Å². The van der Waals surface area contributed by atoms with Crippen molar-refractivity contribution < 1.29 is 0 Å². The molecule has 12 rings (SSSR count). The van der Waals surface area contributed by atoms with Crippen LogP contribution in [0.3, 0.4) is 0 Å². The summed E-state index contributed by atoms with van der Waals surface area (Å²) in [4.78, 5) is 2.42. The smallest absolute Gasteiger partial charge is 0.179 e. The molecule has 3 nitrogen and oxygen atoms in total. The van der Waals surface area contributed by atoms with E-state index in [1.807, 2.05) is 0 Å². The lowest BCUT2D eigenvalue weighted by molar-refractivity contribution is 1.18. The molecule has 0 aliphatic rings. The number of nitrogens with zero attached hydrogens (tertiary/aromatic N) is 3. The van der Waals surface area contributed by atoms with Crippen LogP contribution in [0.1, 0.15) is 0 Å². The van der Waals surface area contributed by atoms with Gasteiger partial charge in [0.15, 0.2) is 8.07 Å². The number of anilines is 3. The fraction of sp³-hybridized carbons (Fsp3) is 0. The van der Waals surface area contributed by atoms with Gasteiger partial charge in [0.2, 0.25) is 0 Å². The van der Waals surface area contributed by atoms with E-state index in [4.69, 9.17) is 0 Å². The van der Waals surface area contributed by atoms with Crippen LogP contribution < -0.4 is 25.6 Å². The summed E-state index contributed by atoms with van der Waals surface area (Å²) in [6.45, 7) is 0. The largest absolute Gasteiger partial charge is 0.310 e. The second-order valence-corrected chi connectivity index (χ2v) is 20.3. The van der Waals surface area contributed by atoms with Crippen molar-refractivity contribution in [1.29, 1.82) is 0 Å². The molecule has 0 saturated heterocycles. The second-order valence-electron chi connectivity index (χ2n) is 16.5. The van der Waals surface area contributed by atoms with Crippen molar-refractivity contribution in [2.75, 3.05) is 4.90 Å². The number of fused-ring (bicyclic) bond motifs is 6. The Hall–Kier alpha value is -8.18. The Morgan fingerprint density at radius 3 is 1.09 bits per heavy atom. The molecule has 0 fully saturated rings. The van der Waals surface area contributed by atoms with Gasteiger partial charge in [-0.3, -0.25) is 0 Å². The summed E-state index contributed by atoms with van der Waals surface area (Å²) < 4.78 is 4.82. The van der Waals surface area contributed by atoms with Gasteiger partial charge in [-0.05, 0) is 106 Å². The first-order chi connectivity index (χ1) is 31.8. The Morgan fingerprint density at radius 1 is 0.250 bits per heavy atom. The van der Waals surface area contributed by atoms with Crippen LogP contribution in [-0.4, -0.2) is 17.2 Å². The van der Waals surface area contributed by atoms with E-state index in [1.54, 1.807) is 0 Å². The number of aromatic nitrogens is 2. The molecule has 64 heavy (non-hydrogen) atoms. The monoisotopic (exact) mass is 833 g/mol. The zero-order valence-electron chi connectivity index (χ0n) is 35.2. The predicted molar refractivity (Wildman–Crippen MR) is 273 cm³/mol. The van der Waals surface area contributed by atoms with Gasteiger partial charge < -0.3 is 14.0 Å². The molecule has 0 bridgehead atoms. The van der Waals surface area contributed by atoms with Gasteiger partial charge in [-0.1, -0.05) is 176 Å². The Kier molecular flexibility index (Phi) is 9.17.